The summed E-state index contributed by atoms with van der Waals surface area (Å²) in [4.78, 5) is 12.5. The zero-order valence-electron chi connectivity index (χ0n) is 13.2. The molecule has 3 heteroatoms. The third kappa shape index (κ3) is 3.18. The summed E-state index contributed by atoms with van der Waals surface area (Å²) >= 11 is 1.74. The van der Waals surface area contributed by atoms with Crippen molar-refractivity contribution in [3.63, 3.8) is 0 Å². The summed E-state index contributed by atoms with van der Waals surface area (Å²) in [5.74, 6) is 1.56. The first-order chi connectivity index (χ1) is 8.61. The monoisotopic (exact) mass is 284 g/mol. The smallest absolute Gasteiger partial charge is 0.177 e. The van der Waals surface area contributed by atoms with E-state index in [-0.39, 0.29) is 27.5 Å². The Morgan fingerprint density at radius 2 is 1.89 bits per heavy atom. The van der Waals surface area contributed by atoms with Crippen LogP contribution in [0, 0.1) is 17.3 Å². The van der Waals surface area contributed by atoms with E-state index in [0.717, 1.165) is 12.3 Å². The topological polar surface area (TPSA) is 26.3 Å². The standard InChI is InChI=1S/C16H28O2S/c1-10-7-8-11-12(9-10)18-14(19-16(11,5)6)13(17)15(2,3)4/h10-12,14H,7-9H2,1-6H3. The molecule has 0 aromatic carbocycles. The van der Waals surface area contributed by atoms with Gasteiger partial charge in [0.1, 0.15) is 0 Å². The maximum absolute atomic E-state index is 12.5. The van der Waals surface area contributed by atoms with Gasteiger partial charge in [0, 0.05) is 10.2 Å². The number of hydrogen-bond acceptors (Lipinski definition) is 3. The van der Waals surface area contributed by atoms with Crippen molar-refractivity contribution in [2.24, 2.45) is 17.3 Å². The lowest BCUT2D eigenvalue weighted by atomic mass is 9.74. The van der Waals surface area contributed by atoms with E-state index in [1.54, 1.807) is 11.8 Å². The van der Waals surface area contributed by atoms with Crippen molar-refractivity contribution in [2.75, 3.05) is 0 Å². The third-order valence-corrected chi connectivity index (χ3v) is 6.06. The van der Waals surface area contributed by atoms with Gasteiger partial charge in [0.2, 0.25) is 0 Å². The lowest BCUT2D eigenvalue weighted by Gasteiger charge is -2.50. The van der Waals surface area contributed by atoms with Gasteiger partial charge in [-0.1, -0.05) is 48.0 Å². The van der Waals surface area contributed by atoms with Crippen LogP contribution in [0.5, 0.6) is 0 Å². The Labute approximate surface area is 122 Å². The molecule has 0 radical (unpaired) electrons. The molecule has 0 aromatic rings. The predicted molar refractivity (Wildman–Crippen MR) is 81.3 cm³/mol. The molecule has 4 atom stereocenters. The molecule has 1 aliphatic carbocycles. The van der Waals surface area contributed by atoms with Gasteiger partial charge in [0.25, 0.3) is 0 Å². The van der Waals surface area contributed by atoms with Gasteiger partial charge in [-0.15, -0.1) is 11.8 Å². The number of rotatable bonds is 1. The minimum atomic E-state index is -0.319. The Balaban J connectivity index is 2.17. The van der Waals surface area contributed by atoms with Crippen LogP contribution in [-0.2, 0) is 9.53 Å². The number of carbonyl (C=O) groups is 1. The fraction of sp³-hybridized carbons (Fsp3) is 0.938. The van der Waals surface area contributed by atoms with Crippen LogP contribution >= 0.6 is 11.8 Å². The number of ether oxygens (including phenoxy) is 1. The summed E-state index contributed by atoms with van der Waals surface area (Å²) in [5, 5.41) is 0. The molecule has 110 valence electrons. The van der Waals surface area contributed by atoms with Crippen LogP contribution in [0.3, 0.4) is 0 Å². The maximum atomic E-state index is 12.5. The minimum absolute atomic E-state index is 0.147. The molecule has 0 aromatic heterocycles. The molecule has 2 aliphatic rings. The molecule has 2 rings (SSSR count). The first kappa shape index (κ1) is 15.4. The Hall–Kier alpha value is -0.0200. The van der Waals surface area contributed by atoms with E-state index in [0.29, 0.717) is 5.92 Å². The largest absolute Gasteiger partial charge is 0.356 e. The normalized spacial score (nSPS) is 38.6. The molecule has 0 bridgehead atoms. The molecule has 4 unspecified atom stereocenters. The highest BCUT2D eigenvalue weighted by Crippen LogP contribution is 2.51. The second kappa shape index (κ2) is 5.07. The van der Waals surface area contributed by atoms with Gasteiger partial charge in [0.15, 0.2) is 11.2 Å². The molecule has 1 heterocycles. The van der Waals surface area contributed by atoms with Gasteiger partial charge < -0.3 is 4.74 Å². The van der Waals surface area contributed by atoms with E-state index in [1.807, 2.05) is 20.8 Å². The average molecular weight is 284 g/mol. The van der Waals surface area contributed by atoms with Crippen LogP contribution in [0.15, 0.2) is 0 Å². The zero-order chi connectivity index (χ0) is 14.4. The molecular weight excluding hydrogens is 256 g/mol. The quantitative estimate of drug-likeness (QED) is 0.719. The van der Waals surface area contributed by atoms with Crippen molar-refractivity contribution in [3.05, 3.63) is 0 Å². The summed E-state index contributed by atoms with van der Waals surface area (Å²) in [6, 6.07) is 0. The summed E-state index contributed by atoms with van der Waals surface area (Å²) in [7, 11) is 0. The number of Topliss-reactive ketones (excluding diaryl/α,β-unsaturated/α-hetero) is 1. The summed E-state index contributed by atoms with van der Waals surface area (Å²) in [6.45, 7) is 12.8. The van der Waals surface area contributed by atoms with Crippen molar-refractivity contribution < 1.29 is 9.53 Å². The fourth-order valence-electron chi connectivity index (χ4n) is 3.29. The molecule has 1 aliphatic heterocycles. The first-order valence-electron chi connectivity index (χ1n) is 7.49. The lowest BCUT2D eigenvalue weighted by molar-refractivity contribution is -0.141. The van der Waals surface area contributed by atoms with Crippen LogP contribution in [-0.4, -0.2) is 22.1 Å². The van der Waals surface area contributed by atoms with Crippen LogP contribution < -0.4 is 0 Å². The van der Waals surface area contributed by atoms with E-state index in [1.165, 1.54) is 12.8 Å². The van der Waals surface area contributed by atoms with Crippen molar-refractivity contribution in [1.82, 2.24) is 0 Å². The number of hydrogen-bond donors (Lipinski definition) is 0. The second-order valence-corrected chi connectivity index (χ2v) is 9.58. The Morgan fingerprint density at radius 1 is 1.26 bits per heavy atom. The van der Waals surface area contributed by atoms with E-state index in [2.05, 4.69) is 20.8 Å². The predicted octanol–water partition coefficient (Wildman–Crippen LogP) is 4.27. The van der Waals surface area contributed by atoms with Crippen LogP contribution in [0.1, 0.15) is 60.8 Å². The maximum Gasteiger partial charge on any atom is 0.177 e. The highest BCUT2D eigenvalue weighted by Gasteiger charge is 2.49. The summed E-state index contributed by atoms with van der Waals surface area (Å²) in [5.41, 5.74) is -0.595. The van der Waals surface area contributed by atoms with Crippen molar-refractivity contribution >= 4 is 17.5 Å². The molecule has 0 spiro atoms. The number of thioether (sulfide) groups is 1. The van der Waals surface area contributed by atoms with E-state index in [4.69, 9.17) is 4.74 Å². The lowest BCUT2D eigenvalue weighted by Crippen LogP contribution is -2.52. The highest BCUT2D eigenvalue weighted by atomic mass is 32.2. The molecule has 19 heavy (non-hydrogen) atoms. The molecule has 2 fully saturated rings. The third-order valence-electron chi connectivity index (χ3n) is 4.61. The molecule has 0 amide bonds. The van der Waals surface area contributed by atoms with Gasteiger partial charge in [0.05, 0.1) is 6.10 Å². The number of fused-ring (bicyclic) bond motifs is 1. The van der Waals surface area contributed by atoms with E-state index in [9.17, 15) is 4.79 Å². The molecule has 2 nitrogen and oxygen atoms in total. The molecule has 0 N–H and O–H groups in total. The summed E-state index contributed by atoms with van der Waals surface area (Å²) < 4.78 is 6.35. The van der Waals surface area contributed by atoms with Gasteiger partial charge in [-0.05, 0) is 24.7 Å². The first-order valence-corrected chi connectivity index (χ1v) is 8.37. The number of carbonyl (C=O) groups excluding carboxylic acids is 1. The van der Waals surface area contributed by atoms with Gasteiger partial charge >= 0.3 is 0 Å². The fourth-order valence-corrected chi connectivity index (χ4v) is 4.95. The second-order valence-electron chi connectivity index (χ2n) is 7.87. The van der Waals surface area contributed by atoms with E-state index >= 15 is 0 Å². The highest BCUT2D eigenvalue weighted by molar-refractivity contribution is 8.01. The van der Waals surface area contributed by atoms with Crippen molar-refractivity contribution in [1.29, 1.82) is 0 Å². The Kier molecular flexibility index (Phi) is 4.10. The molecule has 1 saturated carbocycles. The average Bonchev–Trinajstić information content (AvgIpc) is 2.24. The van der Waals surface area contributed by atoms with Crippen molar-refractivity contribution in [3.8, 4) is 0 Å². The van der Waals surface area contributed by atoms with E-state index < -0.39 is 0 Å². The Bertz CT molecular complexity index is 356. The van der Waals surface area contributed by atoms with Gasteiger partial charge in [-0.25, -0.2) is 0 Å². The van der Waals surface area contributed by atoms with Crippen LogP contribution in [0.4, 0.5) is 0 Å². The van der Waals surface area contributed by atoms with Crippen LogP contribution in [0.25, 0.3) is 0 Å². The molecular formula is C16H28O2S. The van der Waals surface area contributed by atoms with Crippen molar-refractivity contribution in [2.45, 2.75) is 77.1 Å². The summed E-state index contributed by atoms with van der Waals surface area (Å²) in [6.07, 6.45) is 3.92. The Morgan fingerprint density at radius 3 is 2.47 bits per heavy atom. The zero-order valence-corrected chi connectivity index (χ0v) is 14.0. The van der Waals surface area contributed by atoms with Crippen LogP contribution in [0.2, 0.25) is 0 Å². The minimum Gasteiger partial charge on any atom is -0.356 e. The number of ketones is 1. The van der Waals surface area contributed by atoms with Gasteiger partial charge in [-0.2, -0.15) is 0 Å². The van der Waals surface area contributed by atoms with Gasteiger partial charge in [-0.3, -0.25) is 4.79 Å². The molecule has 1 saturated heterocycles. The SMILES string of the molecule is CC1CCC2C(C1)OC(C(=O)C(C)(C)C)SC2(C)C.